The van der Waals surface area contributed by atoms with Gasteiger partial charge in [0.15, 0.2) is 0 Å². The predicted molar refractivity (Wildman–Crippen MR) is 32.3 cm³/mol. The lowest BCUT2D eigenvalue weighted by Gasteiger charge is -1.93. The van der Waals surface area contributed by atoms with Crippen LogP contribution in [0.15, 0.2) is 17.8 Å². The van der Waals surface area contributed by atoms with Crippen molar-refractivity contribution in [2.75, 3.05) is 7.05 Å². The summed E-state index contributed by atoms with van der Waals surface area (Å²) >= 11 is 5.29. The number of hydrogen-bond donors (Lipinski definition) is 0. The summed E-state index contributed by atoms with van der Waals surface area (Å²) < 4.78 is 1.32. The molecule has 0 heterocycles. The summed E-state index contributed by atoms with van der Waals surface area (Å²) in [6.07, 6.45) is 2.87. The Hall–Kier alpha value is -0.500. The largest absolute Gasteiger partial charge is 0.278 e. The average Bonchev–Trinajstić information content (AvgIpc) is 1.61. The summed E-state index contributed by atoms with van der Waals surface area (Å²) in [5, 5.41) is 0. The van der Waals surface area contributed by atoms with E-state index in [1.165, 1.54) is 17.0 Å². The van der Waals surface area contributed by atoms with Crippen molar-refractivity contribution in [3.63, 3.8) is 0 Å². The molecule has 0 aliphatic heterocycles. The molecule has 0 amide bonds. The molecule has 0 aliphatic carbocycles. The van der Waals surface area contributed by atoms with Gasteiger partial charge in [0.2, 0.25) is 0 Å². The second-order valence-electron chi connectivity index (χ2n) is 0.972. The third-order valence-corrected chi connectivity index (χ3v) is 0.418. The fraction of sp³-hybridized carbons (Fsp3) is 0.250. The highest BCUT2D eigenvalue weighted by Crippen LogP contribution is 1.79. The minimum absolute atomic E-state index is 1.32. The van der Waals surface area contributed by atoms with Gasteiger partial charge in [0.25, 0.3) is 0 Å². The number of hydrogen-bond acceptors (Lipinski definition) is 1. The zero-order chi connectivity index (χ0) is 5.70. The fourth-order valence-electron chi connectivity index (χ4n) is 0.139. The van der Waals surface area contributed by atoms with Gasteiger partial charge in [-0.1, -0.05) is 6.58 Å². The van der Waals surface area contributed by atoms with Crippen LogP contribution in [0.25, 0.3) is 0 Å². The van der Waals surface area contributed by atoms with Crippen molar-refractivity contribution in [2.45, 2.75) is 0 Å². The Balaban J connectivity index is 3.25. The third-order valence-electron chi connectivity index (χ3n) is 0.331. The van der Waals surface area contributed by atoms with Gasteiger partial charge in [0.05, 0.1) is 0 Å². The number of aliphatic imine (C=N–C) groups is 1. The van der Waals surface area contributed by atoms with E-state index in [0.717, 1.165) is 0 Å². The fourth-order valence-corrected chi connectivity index (χ4v) is 0.189. The highest BCUT2D eigenvalue weighted by molar-refractivity contribution is 6.18. The van der Waals surface area contributed by atoms with Crippen LogP contribution in [0.2, 0.25) is 0 Å². The molecular weight excluding hydrogens is 112 g/mol. The lowest BCUT2D eigenvalue weighted by atomic mass is 11.0. The number of rotatable bonds is 2. The van der Waals surface area contributed by atoms with Crippen molar-refractivity contribution in [3.05, 3.63) is 12.8 Å². The lowest BCUT2D eigenvalue weighted by Crippen LogP contribution is -1.98. The Bertz CT molecular complexity index is 77.8. The first kappa shape index (κ1) is 6.50. The van der Waals surface area contributed by atoms with Crippen molar-refractivity contribution in [1.82, 2.24) is 4.42 Å². The molecule has 0 spiro atoms. The quantitative estimate of drug-likeness (QED) is 0.303. The third kappa shape index (κ3) is 5.50. The van der Waals surface area contributed by atoms with Crippen LogP contribution >= 0.6 is 11.8 Å². The summed E-state index contributed by atoms with van der Waals surface area (Å²) in [5.41, 5.74) is 0. The second kappa shape index (κ2) is 3.68. The van der Waals surface area contributed by atoms with E-state index in [-0.39, 0.29) is 0 Å². The molecule has 0 saturated carbocycles. The maximum absolute atomic E-state index is 5.29. The highest BCUT2D eigenvalue weighted by atomic mass is 35.5. The smallest absolute Gasteiger partial charge is 0.105 e. The topological polar surface area (TPSA) is 15.6 Å². The van der Waals surface area contributed by atoms with Crippen LogP contribution in [0.3, 0.4) is 0 Å². The van der Waals surface area contributed by atoms with Crippen molar-refractivity contribution < 1.29 is 0 Å². The SMILES string of the molecule is C=C/N=C\N(C)Cl. The normalized spacial score (nSPS) is 9.43. The summed E-state index contributed by atoms with van der Waals surface area (Å²) in [6.45, 7) is 3.35. The zero-order valence-electron chi connectivity index (χ0n) is 4.13. The molecule has 2 nitrogen and oxygen atoms in total. The average molecular weight is 119 g/mol. The molecule has 0 N–H and O–H groups in total. The monoisotopic (exact) mass is 118 g/mol. The van der Waals surface area contributed by atoms with Gasteiger partial charge in [-0.25, -0.2) is 4.99 Å². The van der Waals surface area contributed by atoms with E-state index in [0.29, 0.717) is 0 Å². The van der Waals surface area contributed by atoms with Crippen LogP contribution in [0.1, 0.15) is 0 Å². The van der Waals surface area contributed by atoms with Gasteiger partial charge in [-0.3, -0.25) is 4.42 Å². The molecule has 0 fully saturated rings. The van der Waals surface area contributed by atoms with Crippen LogP contribution in [-0.2, 0) is 0 Å². The van der Waals surface area contributed by atoms with Gasteiger partial charge in [0, 0.05) is 25.0 Å². The van der Waals surface area contributed by atoms with Gasteiger partial charge >= 0.3 is 0 Å². The Labute approximate surface area is 48.2 Å². The van der Waals surface area contributed by atoms with Crippen molar-refractivity contribution in [3.8, 4) is 0 Å². The van der Waals surface area contributed by atoms with Crippen molar-refractivity contribution in [1.29, 1.82) is 0 Å². The molecule has 0 aromatic heterocycles. The van der Waals surface area contributed by atoms with E-state index in [1.807, 2.05) is 0 Å². The molecule has 0 rings (SSSR count). The van der Waals surface area contributed by atoms with Crippen LogP contribution in [-0.4, -0.2) is 17.8 Å². The van der Waals surface area contributed by atoms with Gasteiger partial charge < -0.3 is 0 Å². The molecule has 40 valence electrons. The first-order chi connectivity index (χ1) is 3.27. The Morgan fingerprint density at radius 1 is 1.86 bits per heavy atom. The maximum Gasteiger partial charge on any atom is 0.105 e. The number of nitrogens with zero attached hydrogens (tertiary/aromatic N) is 2. The molecule has 0 aliphatic rings. The highest BCUT2D eigenvalue weighted by Gasteiger charge is 1.72. The summed E-state index contributed by atoms with van der Waals surface area (Å²) in [4.78, 5) is 3.60. The van der Waals surface area contributed by atoms with Gasteiger partial charge in [0.1, 0.15) is 6.34 Å². The van der Waals surface area contributed by atoms with Crippen LogP contribution in [0.4, 0.5) is 0 Å². The molecule has 0 aromatic carbocycles. The molecule has 3 heteroatoms. The van der Waals surface area contributed by atoms with E-state index in [2.05, 4.69) is 11.6 Å². The van der Waals surface area contributed by atoms with E-state index in [9.17, 15) is 0 Å². The van der Waals surface area contributed by atoms with E-state index >= 15 is 0 Å². The molecule has 0 radical (unpaired) electrons. The van der Waals surface area contributed by atoms with Gasteiger partial charge in [-0.15, -0.1) is 0 Å². The van der Waals surface area contributed by atoms with Crippen LogP contribution < -0.4 is 0 Å². The molecule has 7 heavy (non-hydrogen) atoms. The maximum atomic E-state index is 5.29. The van der Waals surface area contributed by atoms with Crippen LogP contribution in [0, 0.1) is 0 Å². The Morgan fingerprint density at radius 2 is 2.43 bits per heavy atom. The van der Waals surface area contributed by atoms with E-state index in [4.69, 9.17) is 11.8 Å². The van der Waals surface area contributed by atoms with E-state index < -0.39 is 0 Å². The van der Waals surface area contributed by atoms with Crippen LogP contribution in [0.5, 0.6) is 0 Å². The molecule has 0 bridgehead atoms. The Morgan fingerprint density at radius 3 is 2.57 bits per heavy atom. The van der Waals surface area contributed by atoms with Crippen molar-refractivity contribution >= 4 is 18.1 Å². The second-order valence-corrected chi connectivity index (χ2v) is 1.51. The van der Waals surface area contributed by atoms with Gasteiger partial charge in [-0.05, 0) is 0 Å². The summed E-state index contributed by atoms with van der Waals surface area (Å²) in [6, 6.07) is 0. The summed E-state index contributed by atoms with van der Waals surface area (Å²) in [5.74, 6) is 0. The lowest BCUT2D eigenvalue weighted by molar-refractivity contribution is 0.847. The minimum Gasteiger partial charge on any atom is -0.278 e. The molecule has 0 unspecified atom stereocenters. The first-order valence-electron chi connectivity index (χ1n) is 1.80. The first-order valence-corrected chi connectivity index (χ1v) is 2.14. The van der Waals surface area contributed by atoms with Crippen molar-refractivity contribution in [2.24, 2.45) is 4.99 Å². The van der Waals surface area contributed by atoms with E-state index in [1.54, 1.807) is 7.05 Å². The molecule has 0 atom stereocenters. The Kier molecular flexibility index (Phi) is 3.42. The molecule has 0 aromatic rings. The van der Waals surface area contributed by atoms with Gasteiger partial charge in [-0.2, -0.15) is 0 Å². The standard InChI is InChI=1S/C4H7ClN2/c1-3-6-4-7(2)5/h3-4H,1H2,2H3/b6-4-. The number of halogens is 1. The molecule has 0 saturated heterocycles. The summed E-state index contributed by atoms with van der Waals surface area (Å²) in [7, 11) is 1.68. The zero-order valence-corrected chi connectivity index (χ0v) is 4.89. The predicted octanol–water partition coefficient (Wildman–Crippen LogP) is 1.24. The molecular formula is C4H7ClN2. The minimum atomic E-state index is 1.32.